The second-order valence-corrected chi connectivity index (χ2v) is 4.44. The molecule has 0 aliphatic heterocycles. The Balaban J connectivity index is 1.83. The normalized spacial score (nSPS) is 10.3. The lowest BCUT2D eigenvalue weighted by molar-refractivity contribution is 0.297. The van der Waals surface area contributed by atoms with Gasteiger partial charge in [-0.2, -0.15) is 5.26 Å². The van der Waals surface area contributed by atoms with Gasteiger partial charge in [-0.3, -0.25) is 0 Å². The molecule has 0 amide bonds. The fraction of sp³-hybridized carbons (Fsp3) is 0.0625. The minimum absolute atomic E-state index is 0.315. The Bertz CT molecular complexity index is 825. The van der Waals surface area contributed by atoms with Crippen molar-refractivity contribution in [3.8, 4) is 11.9 Å². The molecule has 0 fully saturated rings. The lowest BCUT2D eigenvalue weighted by Crippen LogP contribution is -1.99. The minimum Gasteiger partial charge on any atom is -0.472 e. The van der Waals surface area contributed by atoms with Gasteiger partial charge in [0, 0.05) is 6.07 Å². The highest BCUT2D eigenvalue weighted by Crippen LogP contribution is 2.22. The van der Waals surface area contributed by atoms with Crippen LogP contribution in [0.5, 0.6) is 5.88 Å². The van der Waals surface area contributed by atoms with Crippen LogP contribution in [0.3, 0.4) is 0 Å². The first-order valence-corrected chi connectivity index (χ1v) is 6.28. The summed E-state index contributed by atoms with van der Waals surface area (Å²) in [5, 5.41) is 9.41. The zero-order chi connectivity index (χ0) is 14.7. The van der Waals surface area contributed by atoms with E-state index in [9.17, 15) is 4.39 Å². The molecule has 0 atom stereocenters. The monoisotopic (exact) mass is 279 g/mol. The Hall–Kier alpha value is -3.00. The summed E-state index contributed by atoms with van der Waals surface area (Å²) in [6.07, 6.45) is 1.34. The maximum Gasteiger partial charge on any atom is 0.224 e. The van der Waals surface area contributed by atoms with Crippen LogP contribution in [0, 0.1) is 17.1 Å². The summed E-state index contributed by atoms with van der Waals surface area (Å²) in [4.78, 5) is 8.09. The van der Waals surface area contributed by atoms with E-state index in [4.69, 9.17) is 10.00 Å². The van der Waals surface area contributed by atoms with E-state index < -0.39 is 0 Å². The molecule has 1 aromatic heterocycles. The van der Waals surface area contributed by atoms with Gasteiger partial charge in [0.25, 0.3) is 0 Å². The van der Waals surface area contributed by atoms with Crippen LogP contribution in [-0.2, 0) is 6.61 Å². The van der Waals surface area contributed by atoms with Crippen molar-refractivity contribution in [3.05, 3.63) is 65.7 Å². The van der Waals surface area contributed by atoms with Crippen LogP contribution in [0.4, 0.5) is 4.39 Å². The van der Waals surface area contributed by atoms with Crippen LogP contribution in [0.15, 0.2) is 48.8 Å². The first-order valence-electron chi connectivity index (χ1n) is 6.28. The van der Waals surface area contributed by atoms with Gasteiger partial charge in [-0.05, 0) is 29.8 Å². The van der Waals surface area contributed by atoms with Gasteiger partial charge in [0.1, 0.15) is 18.8 Å². The molecule has 21 heavy (non-hydrogen) atoms. The average Bonchev–Trinajstić information content (AvgIpc) is 2.53. The van der Waals surface area contributed by atoms with Crippen LogP contribution in [0.2, 0.25) is 0 Å². The van der Waals surface area contributed by atoms with E-state index in [1.54, 1.807) is 18.2 Å². The van der Waals surface area contributed by atoms with Crippen LogP contribution >= 0.6 is 0 Å². The molecule has 0 aliphatic rings. The van der Waals surface area contributed by atoms with Crippen LogP contribution in [0.25, 0.3) is 10.9 Å². The van der Waals surface area contributed by atoms with E-state index in [1.165, 1.54) is 18.5 Å². The zero-order valence-corrected chi connectivity index (χ0v) is 11.0. The largest absolute Gasteiger partial charge is 0.472 e. The summed E-state index contributed by atoms with van der Waals surface area (Å²) >= 11 is 0. The third-order valence-electron chi connectivity index (χ3n) is 3.02. The van der Waals surface area contributed by atoms with Crippen LogP contribution in [0.1, 0.15) is 11.1 Å². The lowest BCUT2D eigenvalue weighted by Gasteiger charge is -2.07. The van der Waals surface area contributed by atoms with Gasteiger partial charge in [0.15, 0.2) is 0 Å². The Morgan fingerprint density at radius 1 is 1.10 bits per heavy atom. The van der Waals surface area contributed by atoms with Gasteiger partial charge in [-0.1, -0.05) is 12.1 Å². The van der Waals surface area contributed by atoms with E-state index in [0.717, 1.165) is 5.56 Å². The van der Waals surface area contributed by atoms with Crippen molar-refractivity contribution >= 4 is 10.9 Å². The number of nitrogens with zero attached hydrogens (tertiary/aromatic N) is 3. The van der Waals surface area contributed by atoms with Crippen molar-refractivity contribution in [1.82, 2.24) is 9.97 Å². The number of fused-ring (bicyclic) bond motifs is 1. The van der Waals surface area contributed by atoms with Crippen molar-refractivity contribution in [2.45, 2.75) is 6.61 Å². The van der Waals surface area contributed by atoms with Gasteiger partial charge < -0.3 is 4.74 Å². The summed E-state index contributed by atoms with van der Waals surface area (Å²) in [7, 11) is 0. The summed E-state index contributed by atoms with van der Waals surface area (Å²) < 4.78 is 18.8. The number of halogens is 1. The quantitative estimate of drug-likeness (QED) is 0.738. The third kappa shape index (κ3) is 2.79. The predicted octanol–water partition coefficient (Wildman–Crippen LogP) is 3.22. The minimum atomic E-state index is -0.348. The number of hydrogen-bond donors (Lipinski definition) is 0. The van der Waals surface area contributed by atoms with Gasteiger partial charge >= 0.3 is 0 Å². The fourth-order valence-corrected chi connectivity index (χ4v) is 1.95. The molecule has 3 rings (SSSR count). The molecule has 0 aliphatic carbocycles. The molecule has 3 aromatic rings. The van der Waals surface area contributed by atoms with Crippen molar-refractivity contribution in [2.75, 3.05) is 0 Å². The maximum absolute atomic E-state index is 13.2. The highest BCUT2D eigenvalue weighted by molar-refractivity contribution is 5.83. The van der Waals surface area contributed by atoms with Gasteiger partial charge in [-0.25, -0.2) is 14.4 Å². The van der Waals surface area contributed by atoms with E-state index in [2.05, 4.69) is 16.0 Å². The SMILES string of the molecule is N#Cc1ccc(COc2ncnc3cc(F)ccc23)cc1. The van der Waals surface area contributed by atoms with Crippen LogP contribution in [-0.4, -0.2) is 9.97 Å². The fourth-order valence-electron chi connectivity index (χ4n) is 1.95. The number of aromatic nitrogens is 2. The Labute approximate surface area is 120 Å². The second-order valence-electron chi connectivity index (χ2n) is 4.44. The molecule has 0 unspecified atom stereocenters. The van der Waals surface area contributed by atoms with E-state index in [0.29, 0.717) is 29.0 Å². The number of rotatable bonds is 3. The van der Waals surface area contributed by atoms with Crippen molar-refractivity contribution in [3.63, 3.8) is 0 Å². The standard InChI is InChI=1S/C16H10FN3O/c17-13-5-6-14-15(7-13)19-10-20-16(14)21-9-12-3-1-11(8-18)2-4-12/h1-7,10H,9H2. The highest BCUT2D eigenvalue weighted by Gasteiger charge is 2.06. The van der Waals surface area contributed by atoms with Gasteiger partial charge in [-0.15, -0.1) is 0 Å². The molecule has 0 spiro atoms. The highest BCUT2D eigenvalue weighted by atomic mass is 19.1. The topological polar surface area (TPSA) is 58.8 Å². The zero-order valence-electron chi connectivity index (χ0n) is 11.0. The number of benzene rings is 2. The summed E-state index contributed by atoms with van der Waals surface area (Å²) in [6.45, 7) is 0.315. The Morgan fingerprint density at radius 2 is 1.90 bits per heavy atom. The smallest absolute Gasteiger partial charge is 0.224 e. The molecule has 0 saturated carbocycles. The van der Waals surface area contributed by atoms with Crippen LogP contribution < -0.4 is 4.74 Å². The molecule has 0 bridgehead atoms. The van der Waals surface area contributed by atoms with Gasteiger partial charge in [0.2, 0.25) is 5.88 Å². The summed E-state index contributed by atoms with van der Waals surface area (Å²) in [5.74, 6) is 0.0589. The molecule has 0 saturated heterocycles. The number of ether oxygens (including phenoxy) is 1. The molecule has 5 heteroatoms. The molecular weight excluding hydrogens is 269 g/mol. The second kappa shape index (κ2) is 5.55. The molecule has 102 valence electrons. The number of hydrogen-bond acceptors (Lipinski definition) is 4. The van der Waals surface area contributed by atoms with Gasteiger partial charge in [0.05, 0.1) is 22.5 Å². The van der Waals surface area contributed by atoms with Crippen molar-refractivity contribution in [2.24, 2.45) is 0 Å². The molecule has 4 nitrogen and oxygen atoms in total. The Morgan fingerprint density at radius 3 is 2.67 bits per heavy atom. The first-order chi connectivity index (χ1) is 10.3. The average molecular weight is 279 g/mol. The maximum atomic E-state index is 13.2. The molecule has 1 heterocycles. The lowest BCUT2D eigenvalue weighted by atomic mass is 10.1. The molecule has 0 N–H and O–H groups in total. The van der Waals surface area contributed by atoms with E-state index in [-0.39, 0.29) is 5.82 Å². The first kappa shape index (κ1) is 13.0. The molecular formula is C16H10FN3O. The molecule has 0 radical (unpaired) electrons. The van der Waals surface area contributed by atoms with E-state index in [1.807, 2.05) is 12.1 Å². The predicted molar refractivity (Wildman–Crippen MR) is 75.0 cm³/mol. The molecule has 2 aromatic carbocycles. The number of nitriles is 1. The van der Waals surface area contributed by atoms with Crippen molar-refractivity contribution < 1.29 is 9.13 Å². The van der Waals surface area contributed by atoms with E-state index >= 15 is 0 Å². The third-order valence-corrected chi connectivity index (χ3v) is 3.02. The Kier molecular flexibility index (Phi) is 3.44. The summed E-state index contributed by atoms with van der Waals surface area (Å²) in [5.41, 5.74) is 2.02. The van der Waals surface area contributed by atoms with Crippen molar-refractivity contribution in [1.29, 1.82) is 5.26 Å². The summed E-state index contributed by atoms with van der Waals surface area (Å²) in [6, 6.07) is 13.4.